The number of anilines is 2. The molecule has 0 spiro atoms. The van der Waals surface area contributed by atoms with Crippen LogP contribution in [-0.4, -0.2) is 50.1 Å². The molecule has 0 bridgehead atoms. The molecule has 0 aliphatic carbocycles. The second kappa shape index (κ2) is 11.1. The molecule has 1 heterocycles. The summed E-state index contributed by atoms with van der Waals surface area (Å²) in [5.41, 5.74) is 1.42. The molecular weight excluding hydrogens is 428 g/mol. The Balaban J connectivity index is 1.53. The highest BCUT2D eigenvalue weighted by Crippen LogP contribution is 2.27. The Morgan fingerprint density at radius 1 is 1.00 bits per heavy atom. The van der Waals surface area contributed by atoms with Gasteiger partial charge in [-0.1, -0.05) is 12.1 Å². The van der Waals surface area contributed by atoms with Crippen LogP contribution in [0.1, 0.15) is 30.6 Å². The predicted octanol–water partition coefficient (Wildman–Crippen LogP) is 2.80. The number of benzene rings is 2. The van der Waals surface area contributed by atoms with E-state index in [9.17, 15) is 19.2 Å². The van der Waals surface area contributed by atoms with Gasteiger partial charge < -0.3 is 24.4 Å². The Morgan fingerprint density at radius 3 is 2.42 bits per heavy atom. The Kier molecular flexibility index (Phi) is 8.01. The first-order valence-corrected chi connectivity index (χ1v) is 10.7. The van der Waals surface area contributed by atoms with Gasteiger partial charge >= 0.3 is 11.9 Å². The van der Waals surface area contributed by atoms with E-state index in [1.165, 1.54) is 4.90 Å². The first-order chi connectivity index (χ1) is 15.9. The maximum absolute atomic E-state index is 12.4. The smallest absolute Gasteiger partial charge is 0.338 e. The van der Waals surface area contributed by atoms with Gasteiger partial charge in [-0.15, -0.1) is 0 Å². The summed E-state index contributed by atoms with van der Waals surface area (Å²) in [6.07, 6.45) is -0.0206. The molecule has 1 atom stereocenters. The molecule has 1 aliphatic rings. The van der Waals surface area contributed by atoms with Crippen LogP contribution in [-0.2, 0) is 23.9 Å². The summed E-state index contributed by atoms with van der Waals surface area (Å²) >= 11 is 0. The minimum Gasteiger partial charge on any atom is -0.492 e. The molecule has 3 rings (SSSR count). The Bertz CT molecular complexity index is 1020. The highest BCUT2D eigenvalue weighted by molar-refractivity contribution is 6.00. The van der Waals surface area contributed by atoms with Crippen LogP contribution in [0.4, 0.5) is 11.4 Å². The molecule has 2 aromatic rings. The molecule has 0 unspecified atom stereocenters. The lowest BCUT2D eigenvalue weighted by Crippen LogP contribution is -2.28. The van der Waals surface area contributed by atoms with Crippen molar-refractivity contribution in [2.45, 2.75) is 20.3 Å². The zero-order valence-electron chi connectivity index (χ0n) is 18.5. The number of carbonyl (C=O) groups is 4. The Labute approximate surface area is 191 Å². The molecular formula is C24H26N2O7. The summed E-state index contributed by atoms with van der Waals surface area (Å²) in [7, 11) is 0. The number of ether oxygens (including phenoxy) is 3. The molecule has 2 amide bonds. The van der Waals surface area contributed by atoms with Crippen molar-refractivity contribution in [2.75, 3.05) is 36.6 Å². The van der Waals surface area contributed by atoms with Gasteiger partial charge in [-0.25, -0.2) is 4.79 Å². The van der Waals surface area contributed by atoms with Gasteiger partial charge in [0.2, 0.25) is 5.91 Å². The van der Waals surface area contributed by atoms with Crippen LogP contribution in [0.3, 0.4) is 0 Å². The van der Waals surface area contributed by atoms with Crippen LogP contribution in [0.15, 0.2) is 48.5 Å². The van der Waals surface area contributed by atoms with Crippen molar-refractivity contribution < 1.29 is 33.4 Å². The topological polar surface area (TPSA) is 111 Å². The van der Waals surface area contributed by atoms with Gasteiger partial charge in [0.05, 0.1) is 30.4 Å². The van der Waals surface area contributed by atoms with Gasteiger partial charge in [0, 0.05) is 18.7 Å². The summed E-state index contributed by atoms with van der Waals surface area (Å²) in [6.45, 7) is 3.92. The van der Waals surface area contributed by atoms with Crippen molar-refractivity contribution in [1.82, 2.24) is 0 Å². The van der Waals surface area contributed by atoms with Crippen molar-refractivity contribution in [1.29, 1.82) is 0 Å². The second-order valence-electron chi connectivity index (χ2n) is 7.26. The van der Waals surface area contributed by atoms with Crippen molar-refractivity contribution in [3.05, 3.63) is 54.1 Å². The van der Waals surface area contributed by atoms with E-state index >= 15 is 0 Å². The fraction of sp³-hybridized carbons (Fsp3) is 0.333. The number of esters is 2. The lowest BCUT2D eigenvalue weighted by atomic mass is 10.1. The lowest BCUT2D eigenvalue weighted by molar-refractivity contribution is -0.151. The van der Waals surface area contributed by atoms with Crippen LogP contribution < -0.4 is 15.0 Å². The number of para-hydroxylation sites is 2. The van der Waals surface area contributed by atoms with Crippen LogP contribution in [0.2, 0.25) is 0 Å². The summed E-state index contributed by atoms with van der Waals surface area (Å²) in [6, 6.07) is 13.3. The fourth-order valence-electron chi connectivity index (χ4n) is 3.40. The van der Waals surface area contributed by atoms with E-state index in [1.807, 2.05) is 6.92 Å². The number of amides is 2. The second-order valence-corrected chi connectivity index (χ2v) is 7.26. The predicted molar refractivity (Wildman–Crippen MR) is 120 cm³/mol. The molecule has 1 saturated heterocycles. The molecule has 9 heteroatoms. The van der Waals surface area contributed by atoms with Gasteiger partial charge in [-0.3, -0.25) is 14.4 Å². The average Bonchev–Trinajstić information content (AvgIpc) is 3.21. The first-order valence-electron chi connectivity index (χ1n) is 10.7. The number of rotatable bonds is 9. The van der Waals surface area contributed by atoms with Crippen molar-refractivity contribution in [3.8, 4) is 5.75 Å². The Morgan fingerprint density at radius 2 is 1.73 bits per heavy atom. The van der Waals surface area contributed by atoms with Gasteiger partial charge in [-0.2, -0.15) is 0 Å². The van der Waals surface area contributed by atoms with Gasteiger partial charge in [0.15, 0.2) is 6.61 Å². The third kappa shape index (κ3) is 6.09. The van der Waals surface area contributed by atoms with Gasteiger partial charge in [-0.05, 0) is 50.2 Å². The minimum absolute atomic E-state index is 0.0206. The monoisotopic (exact) mass is 454 g/mol. The number of hydrogen-bond acceptors (Lipinski definition) is 7. The number of hydrogen-bond donors (Lipinski definition) is 1. The van der Waals surface area contributed by atoms with E-state index in [1.54, 1.807) is 55.5 Å². The lowest BCUT2D eigenvalue weighted by Gasteiger charge is -2.17. The van der Waals surface area contributed by atoms with Crippen LogP contribution in [0.25, 0.3) is 0 Å². The van der Waals surface area contributed by atoms with E-state index in [-0.39, 0.29) is 25.5 Å². The third-order valence-corrected chi connectivity index (χ3v) is 4.95. The van der Waals surface area contributed by atoms with Crippen molar-refractivity contribution in [2.24, 2.45) is 5.92 Å². The minimum atomic E-state index is -0.689. The largest absolute Gasteiger partial charge is 0.492 e. The maximum Gasteiger partial charge on any atom is 0.338 e. The number of carbonyl (C=O) groups excluding carboxylic acids is 4. The fourth-order valence-corrected chi connectivity index (χ4v) is 3.40. The highest BCUT2D eigenvalue weighted by Gasteiger charge is 2.36. The molecule has 1 fully saturated rings. The van der Waals surface area contributed by atoms with Gasteiger partial charge in [0.1, 0.15) is 5.75 Å². The highest BCUT2D eigenvalue weighted by atomic mass is 16.5. The Hall–Kier alpha value is -3.88. The normalized spacial score (nSPS) is 15.2. The first kappa shape index (κ1) is 23.8. The number of nitrogens with zero attached hydrogens (tertiary/aromatic N) is 1. The van der Waals surface area contributed by atoms with Crippen molar-refractivity contribution >= 4 is 35.1 Å². The van der Waals surface area contributed by atoms with Crippen LogP contribution in [0.5, 0.6) is 5.75 Å². The summed E-state index contributed by atoms with van der Waals surface area (Å²) in [4.78, 5) is 50.3. The van der Waals surface area contributed by atoms with Crippen molar-refractivity contribution in [3.63, 3.8) is 0 Å². The average molecular weight is 454 g/mol. The molecule has 174 valence electrons. The molecule has 0 radical (unpaired) electrons. The SMILES string of the molecule is CCOC(=O)c1ccc(N2C[C@H](C(=O)OCC(=O)Nc3ccccc3OCC)CC2=O)cc1. The zero-order valence-corrected chi connectivity index (χ0v) is 18.5. The molecule has 0 aromatic heterocycles. The van der Waals surface area contributed by atoms with E-state index in [4.69, 9.17) is 14.2 Å². The molecule has 1 aliphatic heterocycles. The molecule has 2 aromatic carbocycles. The van der Waals surface area contributed by atoms with E-state index < -0.39 is 30.4 Å². The maximum atomic E-state index is 12.4. The van der Waals surface area contributed by atoms with E-state index in [2.05, 4.69) is 5.32 Å². The molecule has 33 heavy (non-hydrogen) atoms. The van der Waals surface area contributed by atoms with Crippen LogP contribution >= 0.6 is 0 Å². The molecule has 1 N–H and O–H groups in total. The quantitative estimate of drug-likeness (QED) is 0.580. The van der Waals surface area contributed by atoms with Gasteiger partial charge in [0.25, 0.3) is 5.91 Å². The zero-order chi connectivity index (χ0) is 23.8. The molecule has 0 saturated carbocycles. The summed E-state index contributed by atoms with van der Waals surface area (Å²) in [5, 5.41) is 2.65. The third-order valence-electron chi connectivity index (χ3n) is 4.95. The molecule has 9 nitrogen and oxygen atoms in total. The summed E-state index contributed by atoms with van der Waals surface area (Å²) in [5.74, 6) is -1.98. The standard InChI is InChI=1S/C24H26N2O7/c1-3-31-20-8-6-5-7-19(20)25-21(27)15-33-24(30)17-13-22(28)26(14-17)18-11-9-16(10-12-18)23(29)32-4-2/h5-12,17H,3-4,13-15H2,1-2H3,(H,25,27)/t17-/m1/s1. The summed E-state index contributed by atoms with van der Waals surface area (Å²) < 4.78 is 15.5. The van der Waals surface area contributed by atoms with E-state index in [0.29, 0.717) is 29.3 Å². The number of nitrogens with one attached hydrogen (secondary N) is 1. The van der Waals surface area contributed by atoms with E-state index in [0.717, 1.165) is 0 Å². The van der Waals surface area contributed by atoms with Crippen LogP contribution in [0, 0.1) is 5.92 Å².